The van der Waals surface area contributed by atoms with E-state index in [4.69, 9.17) is 9.47 Å². The zero-order valence-electron chi connectivity index (χ0n) is 16.3. The molecular formula is C20H23BrN2O5S. The topological polar surface area (TPSA) is 84.9 Å². The van der Waals surface area contributed by atoms with Gasteiger partial charge in [-0.05, 0) is 72.1 Å². The van der Waals surface area contributed by atoms with Crippen molar-refractivity contribution in [2.75, 3.05) is 32.1 Å². The molecule has 0 aliphatic carbocycles. The van der Waals surface area contributed by atoms with E-state index in [0.717, 1.165) is 12.8 Å². The van der Waals surface area contributed by atoms with Crippen LogP contribution in [0.15, 0.2) is 45.8 Å². The first-order chi connectivity index (χ1) is 13.9. The van der Waals surface area contributed by atoms with Gasteiger partial charge in [-0.25, -0.2) is 8.42 Å². The summed E-state index contributed by atoms with van der Waals surface area (Å²) in [5.41, 5.74) is 0.880. The molecule has 2 aromatic carbocycles. The smallest absolute Gasteiger partial charge is 0.255 e. The number of amides is 1. The number of halogens is 1. The molecule has 0 saturated carbocycles. The number of ether oxygens (including phenoxy) is 2. The van der Waals surface area contributed by atoms with Gasteiger partial charge in [-0.15, -0.1) is 0 Å². The van der Waals surface area contributed by atoms with Crippen LogP contribution < -0.4 is 14.8 Å². The van der Waals surface area contributed by atoms with Crippen molar-refractivity contribution in [1.82, 2.24) is 4.31 Å². The fourth-order valence-corrected chi connectivity index (χ4v) is 5.20. The molecule has 1 heterocycles. The van der Waals surface area contributed by atoms with E-state index < -0.39 is 10.0 Å². The van der Waals surface area contributed by atoms with Gasteiger partial charge in [0.1, 0.15) is 0 Å². The van der Waals surface area contributed by atoms with Gasteiger partial charge in [0.15, 0.2) is 11.5 Å². The van der Waals surface area contributed by atoms with Gasteiger partial charge in [0, 0.05) is 24.3 Å². The van der Waals surface area contributed by atoms with Crippen LogP contribution in [0.2, 0.25) is 0 Å². The molecule has 2 aromatic rings. The SMILES string of the molecule is CCOc1c(Br)cc(C(=O)Nc2ccc(S(=O)(=O)N3CCCC3)cc2)cc1OC. The predicted molar refractivity (Wildman–Crippen MR) is 114 cm³/mol. The molecule has 0 unspecified atom stereocenters. The summed E-state index contributed by atoms with van der Waals surface area (Å²) in [4.78, 5) is 12.9. The van der Waals surface area contributed by atoms with Gasteiger partial charge in [-0.1, -0.05) is 0 Å². The molecule has 0 spiro atoms. The molecule has 29 heavy (non-hydrogen) atoms. The molecule has 0 atom stereocenters. The molecule has 0 radical (unpaired) electrons. The number of hydrogen-bond acceptors (Lipinski definition) is 5. The fourth-order valence-electron chi connectivity index (χ4n) is 3.13. The lowest BCUT2D eigenvalue weighted by Crippen LogP contribution is -2.27. The molecule has 1 aliphatic heterocycles. The van der Waals surface area contributed by atoms with E-state index in [0.29, 0.717) is 46.9 Å². The highest BCUT2D eigenvalue weighted by Crippen LogP contribution is 2.36. The zero-order valence-corrected chi connectivity index (χ0v) is 18.7. The number of rotatable bonds is 7. The summed E-state index contributed by atoms with van der Waals surface area (Å²) < 4.78 is 38.1. The summed E-state index contributed by atoms with van der Waals surface area (Å²) >= 11 is 3.40. The van der Waals surface area contributed by atoms with E-state index in [9.17, 15) is 13.2 Å². The van der Waals surface area contributed by atoms with Crippen molar-refractivity contribution < 1.29 is 22.7 Å². The third-order valence-corrected chi connectivity index (χ3v) is 7.10. The average molecular weight is 483 g/mol. The summed E-state index contributed by atoms with van der Waals surface area (Å²) in [7, 11) is -1.97. The molecule has 9 heteroatoms. The first kappa shape index (κ1) is 21.6. The molecule has 1 N–H and O–H groups in total. The largest absolute Gasteiger partial charge is 0.493 e. The van der Waals surface area contributed by atoms with Crippen LogP contribution in [-0.4, -0.2) is 45.4 Å². The Morgan fingerprint density at radius 1 is 1.17 bits per heavy atom. The van der Waals surface area contributed by atoms with Crippen LogP contribution in [-0.2, 0) is 10.0 Å². The van der Waals surface area contributed by atoms with E-state index in [-0.39, 0.29) is 10.8 Å². The maximum atomic E-state index is 12.6. The second-order valence-electron chi connectivity index (χ2n) is 6.51. The Morgan fingerprint density at radius 3 is 2.41 bits per heavy atom. The van der Waals surface area contributed by atoms with Crippen LogP contribution >= 0.6 is 15.9 Å². The average Bonchev–Trinajstić information content (AvgIpc) is 3.25. The Labute approximate surface area is 179 Å². The standard InChI is InChI=1S/C20H23BrN2O5S/c1-3-28-19-17(21)12-14(13-18(19)27-2)20(24)22-15-6-8-16(9-7-15)29(25,26)23-10-4-5-11-23/h6-9,12-13H,3-5,10-11H2,1-2H3,(H,22,24). The number of anilines is 1. The summed E-state index contributed by atoms with van der Waals surface area (Å²) in [6.07, 6.45) is 1.77. The Morgan fingerprint density at radius 2 is 1.83 bits per heavy atom. The van der Waals surface area contributed by atoms with E-state index in [1.54, 1.807) is 24.3 Å². The van der Waals surface area contributed by atoms with Crippen molar-refractivity contribution in [2.45, 2.75) is 24.7 Å². The van der Waals surface area contributed by atoms with Crippen molar-refractivity contribution in [1.29, 1.82) is 0 Å². The molecule has 7 nitrogen and oxygen atoms in total. The lowest BCUT2D eigenvalue weighted by Gasteiger charge is -2.16. The van der Waals surface area contributed by atoms with Gasteiger partial charge in [-0.2, -0.15) is 4.31 Å². The first-order valence-electron chi connectivity index (χ1n) is 9.28. The van der Waals surface area contributed by atoms with Crippen LogP contribution in [0, 0.1) is 0 Å². The molecule has 3 rings (SSSR count). The Bertz CT molecular complexity index is 987. The maximum Gasteiger partial charge on any atom is 0.255 e. The number of methoxy groups -OCH3 is 1. The Hall–Kier alpha value is -2.10. The molecule has 1 fully saturated rings. The second kappa shape index (κ2) is 9.15. The number of nitrogens with zero attached hydrogens (tertiary/aromatic N) is 1. The van der Waals surface area contributed by atoms with Crippen LogP contribution in [0.3, 0.4) is 0 Å². The number of benzene rings is 2. The summed E-state index contributed by atoms with van der Waals surface area (Å²) in [6.45, 7) is 3.43. The van der Waals surface area contributed by atoms with Gasteiger partial charge in [-0.3, -0.25) is 4.79 Å². The third kappa shape index (κ3) is 4.73. The molecule has 1 saturated heterocycles. The summed E-state index contributed by atoms with van der Waals surface area (Å²) in [5, 5.41) is 2.77. The van der Waals surface area contributed by atoms with Gasteiger partial charge in [0.25, 0.3) is 5.91 Å². The van der Waals surface area contributed by atoms with Gasteiger partial charge < -0.3 is 14.8 Å². The lowest BCUT2D eigenvalue weighted by molar-refractivity contribution is 0.102. The normalized spacial score (nSPS) is 14.6. The second-order valence-corrected chi connectivity index (χ2v) is 9.30. The molecular weight excluding hydrogens is 460 g/mol. The third-order valence-electron chi connectivity index (χ3n) is 4.60. The minimum Gasteiger partial charge on any atom is -0.493 e. The van der Waals surface area contributed by atoms with Crippen molar-refractivity contribution in [3.05, 3.63) is 46.4 Å². The van der Waals surface area contributed by atoms with E-state index in [1.165, 1.54) is 23.5 Å². The van der Waals surface area contributed by atoms with Gasteiger partial charge in [0.2, 0.25) is 10.0 Å². The molecule has 1 aliphatic rings. The molecule has 0 bridgehead atoms. The highest BCUT2D eigenvalue weighted by Gasteiger charge is 2.27. The van der Waals surface area contributed by atoms with Crippen molar-refractivity contribution in [3.63, 3.8) is 0 Å². The maximum absolute atomic E-state index is 12.6. The first-order valence-corrected chi connectivity index (χ1v) is 11.5. The number of nitrogens with one attached hydrogen (secondary N) is 1. The van der Waals surface area contributed by atoms with Crippen LogP contribution in [0.1, 0.15) is 30.1 Å². The lowest BCUT2D eigenvalue weighted by atomic mass is 10.2. The number of sulfonamides is 1. The summed E-state index contributed by atoms with van der Waals surface area (Å²) in [6, 6.07) is 9.44. The number of hydrogen-bond donors (Lipinski definition) is 1. The van der Waals surface area contributed by atoms with Gasteiger partial charge >= 0.3 is 0 Å². The monoisotopic (exact) mass is 482 g/mol. The fraction of sp³-hybridized carbons (Fsp3) is 0.350. The molecule has 1 amide bonds. The molecule has 156 valence electrons. The summed E-state index contributed by atoms with van der Waals surface area (Å²) in [5.74, 6) is 0.628. The highest BCUT2D eigenvalue weighted by atomic mass is 79.9. The number of carbonyl (C=O) groups excluding carboxylic acids is 1. The highest BCUT2D eigenvalue weighted by molar-refractivity contribution is 9.10. The van der Waals surface area contributed by atoms with E-state index >= 15 is 0 Å². The zero-order chi connectivity index (χ0) is 21.0. The Balaban J connectivity index is 1.76. The van der Waals surface area contributed by atoms with Crippen LogP contribution in [0.4, 0.5) is 5.69 Å². The van der Waals surface area contributed by atoms with Crippen molar-refractivity contribution in [3.8, 4) is 11.5 Å². The minimum atomic E-state index is -3.48. The van der Waals surface area contributed by atoms with Gasteiger partial charge in [0.05, 0.1) is 23.1 Å². The van der Waals surface area contributed by atoms with E-state index in [2.05, 4.69) is 21.2 Å². The van der Waals surface area contributed by atoms with E-state index in [1.807, 2.05) is 6.92 Å². The van der Waals surface area contributed by atoms with Crippen LogP contribution in [0.5, 0.6) is 11.5 Å². The quantitative estimate of drug-likeness (QED) is 0.646. The Kier molecular flexibility index (Phi) is 6.81. The van der Waals surface area contributed by atoms with Crippen molar-refractivity contribution in [2.24, 2.45) is 0 Å². The van der Waals surface area contributed by atoms with Crippen molar-refractivity contribution >= 4 is 37.5 Å². The number of carbonyl (C=O) groups is 1. The predicted octanol–water partition coefficient (Wildman–Crippen LogP) is 3.89. The van der Waals surface area contributed by atoms with Crippen LogP contribution in [0.25, 0.3) is 0 Å². The molecule has 0 aromatic heterocycles. The minimum absolute atomic E-state index is 0.225.